The molecule has 0 saturated carbocycles. The molecular weight excluding hydrogens is 520 g/mol. The number of nitrogens with zero attached hydrogens (tertiary/aromatic N) is 5. The normalized spacial score (nSPS) is 14.6. The Morgan fingerprint density at radius 1 is 1.13 bits per heavy atom. The number of ether oxygens (including phenoxy) is 1. The van der Waals surface area contributed by atoms with Gasteiger partial charge in [-0.15, -0.1) is 0 Å². The van der Waals surface area contributed by atoms with Crippen LogP contribution in [0.5, 0.6) is 5.75 Å². The third-order valence-corrected chi connectivity index (χ3v) is 7.27. The van der Waals surface area contributed by atoms with Crippen molar-refractivity contribution in [2.45, 2.75) is 0 Å². The summed E-state index contributed by atoms with van der Waals surface area (Å²) in [6.45, 7) is 0.829. The molecule has 2 aromatic heterocycles. The van der Waals surface area contributed by atoms with Gasteiger partial charge in [0.05, 0.1) is 24.0 Å². The van der Waals surface area contributed by atoms with Gasteiger partial charge in [-0.3, -0.25) is 4.79 Å². The minimum atomic E-state index is -3.83. The van der Waals surface area contributed by atoms with Gasteiger partial charge in [0.2, 0.25) is 0 Å². The molecule has 14 heteroatoms. The molecule has 1 aliphatic rings. The molecule has 0 atom stereocenters. The lowest BCUT2D eigenvalue weighted by atomic mass is 10.1. The fourth-order valence-corrected chi connectivity index (χ4v) is 5.04. The highest BCUT2D eigenvalue weighted by Crippen LogP contribution is 2.34. The van der Waals surface area contributed by atoms with Gasteiger partial charge in [-0.1, -0.05) is 6.07 Å². The number of carbonyl (C=O) groups is 1. The largest absolute Gasteiger partial charge is 0.496 e. The molecule has 4 aromatic rings. The van der Waals surface area contributed by atoms with Crippen molar-refractivity contribution in [3.63, 3.8) is 0 Å². The molecule has 0 radical (unpaired) electrons. The standard InChI is InChI=1S/C24H23F2N7O4S/c1-37-20-4-2-3-16(26)21(20)22-23-28-7-8-32(23)14-18(29-22)24(34)30-17-13-15(25)5-6-19(17)31-9-11-33(12-10-31)38(27,35)36/h2-8,13-14H,9-12H2,1H3,(H,30,34)(H2,27,35,36). The monoisotopic (exact) mass is 543 g/mol. The van der Waals surface area contributed by atoms with Crippen molar-refractivity contribution in [2.24, 2.45) is 5.14 Å². The molecule has 1 amide bonds. The predicted molar refractivity (Wildman–Crippen MR) is 136 cm³/mol. The van der Waals surface area contributed by atoms with E-state index < -0.39 is 27.8 Å². The van der Waals surface area contributed by atoms with Crippen molar-refractivity contribution >= 4 is 33.1 Å². The zero-order valence-electron chi connectivity index (χ0n) is 20.1. The molecule has 1 aliphatic heterocycles. The third kappa shape index (κ3) is 4.88. The number of benzene rings is 2. The summed E-state index contributed by atoms with van der Waals surface area (Å²) in [6.07, 6.45) is 4.50. The summed E-state index contributed by atoms with van der Waals surface area (Å²) in [5.41, 5.74) is 1.02. The number of rotatable bonds is 6. The minimum absolute atomic E-state index is 0.0417. The Bertz CT molecular complexity index is 1640. The number of piperazine rings is 1. The van der Waals surface area contributed by atoms with E-state index >= 15 is 0 Å². The SMILES string of the molecule is COc1cccc(F)c1-c1nc(C(=O)Nc2cc(F)ccc2N2CCN(S(N)(=O)=O)CC2)cn2ccnc12. The third-order valence-electron chi connectivity index (χ3n) is 6.18. The highest BCUT2D eigenvalue weighted by atomic mass is 32.2. The van der Waals surface area contributed by atoms with E-state index in [1.165, 1.54) is 48.2 Å². The summed E-state index contributed by atoms with van der Waals surface area (Å²) in [5, 5.41) is 7.90. The van der Waals surface area contributed by atoms with Gasteiger partial charge in [0.15, 0.2) is 5.65 Å². The van der Waals surface area contributed by atoms with Crippen LogP contribution in [0.2, 0.25) is 0 Å². The molecule has 1 fully saturated rings. The number of halogens is 2. The van der Waals surface area contributed by atoms with Crippen molar-refractivity contribution in [3.05, 3.63) is 72.3 Å². The van der Waals surface area contributed by atoms with E-state index in [2.05, 4.69) is 15.3 Å². The van der Waals surface area contributed by atoms with E-state index in [1.807, 2.05) is 4.90 Å². The van der Waals surface area contributed by atoms with Gasteiger partial charge in [0.25, 0.3) is 16.1 Å². The van der Waals surface area contributed by atoms with E-state index in [0.717, 1.165) is 10.4 Å². The van der Waals surface area contributed by atoms with Crippen LogP contribution in [0.3, 0.4) is 0 Å². The van der Waals surface area contributed by atoms with E-state index in [0.29, 0.717) is 11.3 Å². The van der Waals surface area contributed by atoms with Crippen molar-refractivity contribution in [1.29, 1.82) is 0 Å². The zero-order chi connectivity index (χ0) is 27.0. The van der Waals surface area contributed by atoms with Crippen molar-refractivity contribution in [2.75, 3.05) is 43.5 Å². The zero-order valence-corrected chi connectivity index (χ0v) is 21.0. The molecular formula is C24H23F2N7O4S. The smallest absolute Gasteiger partial charge is 0.277 e. The molecule has 2 aromatic carbocycles. The summed E-state index contributed by atoms with van der Waals surface area (Å²) < 4.78 is 60.4. The number of hydrogen-bond acceptors (Lipinski definition) is 7. The van der Waals surface area contributed by atoms with E-state index in [4.69, 9.17) is 9.88 Å². The maximum absolute atomic E-state index is 14.9. The van der Waals surface area contributed by atoms with Crippen LogP contribution in [0.25, 0.3) is 16.9 Å². The first-order valence-electron chi connectivity index (χ1n) is 11.5. The molecule has 0 unspecified atom stereocenters. The van der Waals surface area contributed by atoms with Gasteiger partial charge in [-0.25, -0.2) is 23.9 Å². The van der Waals surface area contributed by atoms with Crippen LogP contribution in [-0.2, 0) is 10.2 Å². The number of nitrogens with two attached hydrogens (primary N) is 1. The first kappa shape index (κ1) is 25.5. The molecule has 198 valence electrons. The number of fused-ring (bicyclic) bond motifs is 1. The first-order valence-corrected chi connectivity index (χ1v) is 13.0. The van der Waals surface area contributed by atoms with E-state index in [1.54, 1.807) is 12.3 Å². The average molecular weight is 544 g/mol. The molecule has 3 heterocycles. The number of methoxy groups -OCH3 is 1. The molecule has 1 saturated heterocycles. The van der Waals surface area contributed by atoms with Crippen LogP contribution < -0.4 is 20.1 Å². The fraction of sp³-hybridized carbons (Fsp3) is 0.208. The van der Waals surface area contributed by atoms with E-state index in [9.17, 15) is 22.0 Å². The Kier molecular flexibility index (Phi) is 6.69. The summed E-state index contributed by atoms with van der Waals surface area (Å²) in [4.78, 5) is 23.8. The van der Waals surface area contributed by atoms with Crippen LogP contribution in [0.15, 0.2) is 55.0 Å². The second kappa shape index (κ2) is 9.96. The average Bonchev–Trinajstić information content (AvgIpc) is 3.37. The lowest BCUT2D eigenvalue weighted by Gasteiger charge is -2.35. The highest BCUT2D eigenvalue weighted by molar-refractivity contribution is 7.86. The second-order valence-corrected chi connectivity index (χ2v) is 10.0. The Hall–Kier alpha value is -4.14. The van der Waals surface area contributed by atoms with Gasteiger partial charge in [0.1, 0.15) is 28.8 Å². The molecule has 11 nitrogen and oxygen atoms in total. The minimum Gasteiger partial charge on any atom is -0.496 e. The highest BCUT2D eigenvalue weighted by Gasteiger charge is 2.26. The molecule has 0 spiro atoms. The van der Waals surface area contributed by atoms with Crippen LogP contribution in [0.4, 0.5) is 20.2 Å². The maximum atomic E-state index is 14.9. The van der Waals surface area contributed by atoms with Crippen molar-refractivity contribution in [3.8, 4) is 17.0 Å². The number of nitrogens with one attached hydrogen (secondary N) is 1. The van der Waals surface area contributed by atoms with Gasteiger partial charge >= 0.3 is 0 Å². The summed E-state index contributed by atoms with van der Waals surface area (Å²) in [6, 6.07) is 8.22. The fourth-order valence-electron chi connectivity index (χ4n) is 4.37. The summed E-state index contributed by atoms with van der Waals surface area (Å²) >= 11 is 0. The Balaban J connectivity index is 1.49. The van der Waals surface area contributed by atoms with Crippen LogP contribution in [-0.4, -0.2) is 66.3 Å². The van der Waals surface area contributed by atoms with Crippen LogP contribution in [0, 0.1) is 11.6 Å². The number of amides is 1. The van der Waals surface area contributed by atoms with Gasteiger partial charge in [0, 0.05) is 44.8 Å². The van der Waals surface area contributed by atoms with Crippen LogP contribution >= 0.6 is 0 Å². The summed E-state index contributed by atoms with van der Waals surface area (Å²) in [5.74, 6) is -1.65. The molecule has 0 bridgehead atoms. The Morgan fingerprint density at radius 3 is 2.61 bits per heavy atom. The first-order chi connectivity index (χ1) is 18.2. The Morgan fingerprint density at radius 2 is 1.89 bits per heavy atom. The topological polar surface area (TPSA) is 135 Å². The van der Waals surface area contributed by atoms with Crippen LogP contribution in [0.1, 0.15) is 10.5 Å². The van der Waals surface area contributed by atoms with Gasteiger partial charge in [-0.05, 0) is 30.3 Å². The van der Waals surface area contributed by atoms with Crippen molar-refractivity contribution < 1.29 is 26.7 Å². The lowest BCUT2D eigenvalue weighted by molar-refractivity contribution is 0.102. The molecule has 38 heavy (non-hydrogen) atoms. The molecule has 5 rings (SSSR count). The summed E-state index contributed by atoms with van der Waals surface area (Å²) in [7, 11) is -2.43. The van der Waals surface area contributed by atoms with Gasteiger partial charge in [-0.2, -0.15) is 12.7 Å². The number of imidazole rings is 1. The molecule has 0 aliphatic carbocycles. The van der Waals surface area contributed by atoms with Gasteiger partial charge < -0.3 is 19.4 Å². The Labute approximate surface area is 216 Å². The number of aromatic nitrogens is 3. The second-order valence-electron chi connectivity index (χ2n) is 8.50. The quantitative estimate of drug-likeness (QED) is 0.381. The van der Waals surface area contributed by atoms with Crippen molar-refractivity contribution in [1.82, 2.24) is 18.7 Å². The number of hydrogen-bond donors (Lipinski definition) is 2. The number of carbonyl (C=O) groups excluding carboxylic acids is 1. The lowest BCUT2D eigenvalue weighted by Crippen LogP contribution is -2.50. The maximum Gasteiger partial charge on any atom is 0.277 e. The van der Waals surface area contributed by atoms with E-state index in [-0.39, 0.29) is 54.6 Å². The molecule has 3 N–H and O–H groups in total. The number of anilines is 2. The predicted octanol–water partition coefficient (Wildman–Crippen LogP) is 2.26.